The first-order valence-corrected chi connectivity index (χ1v) is 11.6. The Hall–Kier alpha value is -4.10. The average molecular weight is 487 g/mol. The molecule has 0 saturated heterocycles. The van der Waals surface area contributed by atoms with Gasteiger partial charge in [0.15, 0.2) is 0 Å². The predicted molar refractivity (Wildman–Crippen MR) is 144 cm³/mol. The highest BCUT2D eigenvalue weighted by Gasteiger charge is 2.24. The maximum absolute atomic E-state index is 13.6. The summed E-state index contributed by atoms with van der Waals surface area (Å²) in [5.41, 5.74) is 3.23. The highest BCUT2D eigenvalue weighted by molar-refractivity contribution is 6.31. The fourth-order valence-corrected chi connectivity index (χ4v) is 3.87. The molecule has 0 saturated carbocycles. The third kappa shape index (κ3) is 5.88. The fraction of sp³-hybridized carbons (Fsp3) is 0.148. The Morgan fingerprint density at radius 2 is 1.63 bits per heavy atom. The Morgan fingerprint density at radius 3 is 2.34 bits per heavy atom. The molecule has 8 heteroatoms. The summed E-state index contributed by atoms with van der Waals surface area (Å²) in [4.78, 5) is 26.2. The molecule has 1 aromatic heterocycles. The van der Waals surface area contributed by atoms with Gasteiger partial charge in [-0.25, -0.2) is 14.7 Å². The molecule has 178 valence electrons. The molecule has 2 amide bonds. The van der Waals surface area contributed by atoms with Gasteiger partial charge in [0.25, 0.3) is 0 Å². The molecule has 0 spiro atoms. The van der Waals surface area contributed by atoms with Crippen LogP contribution in [0.25, 0.3) is 0 Å². The first kappa shape index (κ1) is 24.0. The highest BCUT2D eigenvalue weighted by Crippen LogP contribution is 2.34. The molecule has 7 nitrogen and oxygen atoms in total. The van der Waals surface area contributed by atoms with Crippen LogP contribution < -0.4 is 20.4 Å². The number of nitrogens with zero attached hydrogens (tertiary/aromatic N) is 4. The van der Waals surface area contributed by atoms with E-state index in [4.69, 9.17) is 16.6 Å². The van der Waals surface area contributed by atoms with Crippen LogP contribution in [0.5, 0.6) is 0 Å². The predicted octanol–water partition coefficient (Wildman–Crippen LogP) is 6.74. The zero-order valence-corrected chi connectivity index (χ0v) is 20.6. The summed E-state index contributed by atoms with van der Waals surface area (Å²) in [5, 5.41) is 6.80. The van der Waals surface area contributed by atoms with Crippen molar-refractivity contribution in [3.63, 3.8) is 0 Å². The Labute approximate surface area is 210 Å². The number of carbonyl (C=O) groups is 1. The normalized spacial score (nSPS) is 11.4. The molecule has 0 aliphatic heterocycles. The third-order valence-electron chi connectivity index (χ3n) is 5.40. The van der Waals surface area contributed by atoms with Crippen molar-refractivity contribution in [1.82, 2.24) is 9.97 Å². The second kappa shape index (κ2) is 10.9. The minimum atomic E-state index is -0.373. The summed E-state index contributed by atoms with van der Waals surface area (Å²) < 4.78 is 0. The van der Waals surface area contributed by atoms with Crippen molar-refractivity contribution in [2.24, 2.45) is 0 Å². The Kier molecular flexibility index (Phi) is 7.48. The first-order valence-electron chi connectivity index (χ1n) is 11.2. The number of amides is 2. The average Bonchev–Trinajstić information content (AvgIpc) is 2.85. The number of aromatic nitrogens is 2. The van der Waals surface area contributed by atoms with Gasteiger partial charge in [0.1, 0.15) is 5.82 Å². The molecule has 1 atom stereocenters. The van der Waals surface area contributed by atoms with Crippen LogP contribution in [0.1, 0.15) is 18.5 Å². The Morgan fingerprint density at radius 1 is 0.914 bits per heavy atom. The van der Waals surface area contributed by atoms with Crippen LogP contribution in [-0.4, -0.2) is 30.1 Å². The largest absolute Gasteiger partial charge is 0.376 e. The summed E-state index contributed by atoms with van der Waals surface area (Å²) in [7, 11) is 3.86. The van der Waals surface area contributed by atoms with Gasteiger partial charge in [0.2, 0.25) is 5.95 Å². The van der Waals surface area contributed by atoms with Crippen molar-refractivity contribution >= 4 is 46.5 Å². The maximum atomic E-state index is 13.6. The van der Waals surface area contributed by atoms with Crippen LogP contribution in [0, 0.1) is 0 Å². The summed E-state index contributed by atoms with van der Waals surface area (Å²) in [5.74, 6) is 0.846. The van der Waals surface area contributed by atoms with Gasteiger partial charge < -0.3 is 15.5 Å². The second-order valence-corrected chi connectivity index (χ2v) is 8.61. The minimum Gasteiger partial charge on any atom is -0.376 e. The number of benzene rings is 3. The summed E-state index contributed by atoms with van der Waals surface area (Å²) in [6, 6.07) is 26.0. The topological polar surface area (TPSA) is 73.4 Å². The molecule has 3 aromatic carbocycles. The number of rotatable bonds is 7. The number of anilines is 5. The van der Waals surface area contributed by atoms with Crippen molar-refractivity contribution in [2.45, 2.75) is 13.0 Å². The molecular formula is C27H27ClN6O. The molecule has 0 fully saturated rings. The molecule has 1 unspecified atom stereocenters. The lowest BCUT2D eigenvalue weighted by atomic mass is 10.1. The molecule has 35 heavy (non-hydrogen) atoms. The lowest BCUT2D eigenvalue weighted by molar-refractivity contribution is 0.259. The van der Waals surface area contributed by atoms with Crippen LogP contribution in [0.15, 0.2) is 91.1 Å². The SMILES string of the molecule is CC(Nc1nccc(N(C(=O)Nc2cccc(Cl)c2)c2ccccc2N(C)C)n1)c1ccccc1. The fourth-order valence-electron chi connectivity index (χ4n) is 3.68. The van der Waals surface area contributed by atoms with Crippen molar-refractivity contribution in [1.29, 1.82) is 0 Å². The van der Waals surface area contributed by atoms with Crippen molar-refractivity contribution in [2.75, 3.05) is 34.5 Å². The number of carbonyl (C=O) groups excluding carboxylic acids is 1. The highest BCUT2D eigenvalue weighted by atomic mass is 35.5. The molecule has 1 heterocycles. The van der Waals surface area contributed by atoms with Gasteiger partial charge in [-0.05, 0) is 42.8 Å². The van der Waals surface area contributed by atoms with E-state index < -0.39 is 0 Å². The van der Waals surface area contributed by atoms with Crippen molar-refractivity contribution < 1.29 is 4.79 Å². The number of para-hydroxylation sites is 2. The van der Waals surface area contributed by atoms with Crippen molar-refractivity contribution in [3.05, 3.63) is 102 Å². The molecule has 0 aliphatic rings. The standard InChI is InChI=1S/C27H27ClN6O/c1-19(20-10-5-4-6-11-20)30-26-29-17-16-25(32-26)34(24-15-8-7-14-23(24)33(2)3)27(35)31-22-13-9-12-21(28)18-22/h4-19H,1-3H3,(H,31,35)(H,29,30,32). The third-order valence-corrected chi connectivity index (χ3v) is 5.63. The lowest BCUT2D eigenvalue weighted by Gasteiger charge is -2.27. The van der Waals surface area contributed by atoms with Crippen LogP contribution in [-0.2, 0) is 0 Å². The molecule has 4 rings (SSSR count). The van der Waals surface area contributed by atoms with E-state index in [0.717, 1.165) is 11.3 Å². The minimum absolute atomic E-state index is 0.0192. The van der Waals surface area contributed by atoms with E-state index in [0.29, 0.717) is 28.2 Å². The van der Waals surface area contributed by atoms with Crippen LogP contribution in [0.3, 0.4) is 0 Å². The van der Waals surface area contributed by atoms with E-state index >= 15 is 0 Å². The van der Waals surface area contributed by atoms with Gasteiger partial charge in [0.05, 0.1) is 17.4 Å². The molecule has 4 aromatic rings. The van der Waals surface area contributed by atoms with E-state index in [-0.39, 0.29) is 12.1 Å². The van der Waals surface area contributed by atoms with Crippen LogP contribution in [0.2, 0.25) is 5.02 Å². The van der Waals surface area contributed by atoms with E-state index in [1.54, 1.807) is 36.5 Å². The number of urea groups is 1. The van der Waals surface area contributed by atoms with Gasteiger partial charge in [-0.2, -0.15) is 4.98 Å². The van der Waals surface area contributed by atoms with E-state index in [2.05, 4.69) is 15.6 Å². The second-order valence-electron chi connectivity index (χ2n) is 8.17. The summed E-state index contributed by atoms with van der Waals surface area (Å²) in [6.07, 6.45) is 1.64. The first-order chi connectivity index (χ1) is 16.9. The van der Waals surface area contributed by atoms with Crippen molar-refractivity contribution in [3.8, 4) is 0 Å². The van der Waals surface area contributed by atoms with Crippen LogP contribution >= 0.6 is 11.6 Å². The van der Waals surface area contributed by atoms with Gasteiger partial charge in [-0.15, -0.1) is 0 Å². The molecule has 2 N–H and O–H groups in total. The number of hydrogen-bond donors (Lipinski definition) is 2. The number of hydrogen-bond acceptors (Lipinski definition) is 5. The van der Waals surface area contributed by atoms with E-state index in [9.17, 15) is 4.79 Å². The Bertz CT molecular complexity index is 1300. The molecular weight excluding hydrogens is 460 g/mol. The van der Waals surface area contributed by atoms with Gasteiger partial charge in [-0.3, -0.25) is 0 Å². The van der Waals surface area contributed by atoms with Gasteiger partial charge in [0, 0.05) is 37.1 Å². The quantitative estimate of drug-likeness (QED) is 0.302. The van der Waals surface area contributed by atoms with E-state index in [1.165, 1.54) is 4.90 Å². The lowest BCUT2D eigenvalue weighted by Crippen LogP contribution is -2.33. The summed E-state index contributed by atoms with van der Waals surface area (Å²) in [6.45, 7) is 2.04. The number of halogens is 1. The molecule has 0 radical (unpaired) electrons. The number of nitrogens with one attached hydrogen (secondary N) is 2. The monoisotopic (exact) mass is 486 g/mol. The van der Waals surface area contributed by atoms with Gasteiger partial charge in [-0.1, -0.05) is 60.1 Å². The zero-order valence-electron chi connectivity index (χ0n) is 19.8. The molecule has 0 aliphatic carbocycles. The summed E-state index contributed by atoms with van der Waals surface area (Å²) >= 11 is 6.13. The maximum Gasteiger partial charge on any atom is 0.332 e. The molecule has 0 bridgehead atoms. The Balaban J connectivity index is 1.71. The van der Waals surface area contributed by atoms with Gasteiger partial charge >= 0.3 is 6.03 Å². The zero-order chi connectivity index (χ0) is 24.8. The van der Waals surface area contributed by atoms with E-state index in [1.807, 2.05) is 80.5 Å². The smallest absolute Gasteiger partial charge is 0.332 e. The van der Waals surface area contributed by atoms with Crippen LogP contribution in [0.4, 0.5) is 33.6 Å².